The first kappa shape index (κ1) is 18.9. The molecule has 28 heavy (non-hydrogen) atoms. The van der Waals surface area contributed by atoms with Crippen molar-refractivity contribution in [3.63, 3.8) is 0 Å². The summed E-state index contributed by atoms with van der Waals surface area (Å²) in [5, 5.41) is 4.16. The van der Waals surface area contributed by atoms with Gasteiger partial charge in [0.05, 0.1) is 12.6 Å². The molecule has 7 nitrogen and oxygen atoms in total. The molecule has 2 saturated heterocycles. The van der Waals surface area contributed by atoms with Gasteiger partial charge in [-0.15, -0.1) is 0 Å². The second-order valence-electron chi connectivity index (χ2n) is 8.02. The predicted octanol–water partition coefficient (Wildman–Crippen LogP) is 2.26. The number of carbonyl (C=O) groups is 3. The summed E-state index contributed by atoms with van der Waals surface area (Å²) < 4.78 is 0. The highest BCUT2D eigenvalue weighted by Gasteiger charge is 2.47. The average Bonchev–Trinajstić information content (AvgIpc) is 2.92. The number of ketones is 1. The maximum absolute atomic E-state index is 12.7. The van der Waals surface area contributed by atoms with Gasteiger partial charge < -0.3 is 10.2 Å². The fourth-order valence-corrected chi connectivity index (χ4v) is 4.18. The number of urea groups is 1. The summed E-state index contributed by atoms with van der Waals surface area (Å²) in [4.78, 5) is 44.6. The molecule has 1 aromatic carbocycles. The molecule has 1 aliphatic carbocycles. The van der Waals surface area contributed by atoms with E-state index in [2.05, 4.69) is 5.32 Å². The Labute approximate surface area is 165 Å². The molecule has 1 saturated carbocycles. The van der Waals surface area contributed by atoms with Gasteiger partial charge in [0.25, 0.3) is 0 Å². The van der Waals surface area contributed by atoms with Crippen LogP contribution in [-0.2, 0) is 21.0 Å². The molecule has 3 aliphatic rings. The zero-order valence-corrected chi connectivity index (χ0v) is 16.0. The van der Waals surface area contributed by atoms with Crippen LogP contribution in [0, 0.1) is 5.92 Å². The highest BCUT2D eigenvalue weighted by atomic mass is 16.7. The van der Waals surface area contributed by atoms with E-state index in [-0.39, 0.29) is 30.3 Å². The fourth-order valence-electron chi connectivity index (χ4n) is 4.18. The Balaban J connectivity index is 1.28. The van der Waals surface area contributed by atoms with Crippen LogP contribution in [0.1, 0.15) is 44.1 Å². The highest BCUT2D eigenvalue weighted by molar-refractivity contribution is 5.91. The van der Waals surface area contributed by atoms with Crippen LogP contribution in [0.15, 0.2) is 30.3 Å². The third-order valence-electron chi connectivity index (χ3n) is 6.04. The van der Waals surface area contributed by atoms with Gasteiger partial charge in [0.1, 0.15) is 12.6 Å². The number of rotatable bonds is 8. The van der Waals surface area contributed by atoms with Crippen LogP contribution in [0.3, 0.4) is 0 Å². The van der Waals surface area contributed by atoms with Crippen molar-refractivity contribution in [3.8, 4) is 0 Å². The molecule has 4 rings (SSSR count). The van der Waals surface area contributed by atoms with Gasteiger partial charge >= 0.3 is 6.03 Å². The maximum atomic E-state index is 12.7. The molecular formula is C21H27N3O4. The van der Waals surface area contributed by atoms with Crippen LogP contribution in [0.4, 0.5) is 4.79 Å². The lowest BCUT2D eigenvalue weighted by atomic mass is 9.82. The molecule has 2 atom stereocenters. The number of benzene rings is 1. The largest absolute Gasteiger partial charge is 0.347 e. The number of carbonyl (C=O) groups excluding carboxylic acids is 3. The molecule has 1 aromatic rings. The quantitative estimate of drug-likeness (QED) is 0.745. The Kier molecular flexibility index (Phi) is 5.62. The van der Waals surface area contributed by atoms with Gasteiger partial charge in [0, 0.05) is 13.0 Å². The zero-order valence-electron chi connectivity index (χ0n) is 16.0. The van der Waals surface area contributed by atoms with E-state index in [9.17, 15) is 14.4 Å². The molecule has 1 N–H and O–H groups in total. The lowest BCUT2D eigenvalue weighted by molar-refractivity contribution is -0.140. The lowest BCUT2D eigenvalue weighted by Gasteiger charge is -2.29. The molecule has 7 heteroatoms. The number of hydrogen-bond acceptors (Lipinski definition) is 4. The average molecular weight is 385 g/mol. The molecule has 2 aliphatic heterocycles. The van der Waals surface area contributed by atoms with Crippen LogP contribution >= 0.6 is 0 Å². The van der Waals surface area contributed by atoms with Gasteiger partial charge in [-0.2, -0.15) is 5.06 Å². The molecule has 3 fully saturated rings. The Morgan fingerprint density at radius 3 is 2.61 bits per heavy atom. The third-order valence-corrected chi connectivity index (χ3v) is 6.04. The predicted molar refractivity (Wildman–Crippen MR) is 102 cm³/mol. The van der Waals surface area contributed by atoms with Gasteiger partial charge in [0.15, 0.2) is 5.78 Å². The lowest BCUT2D eigenvalue weighted by Crippen LogP contribution is -2.50. The van der Waals surface area contributed by atoms with Gasteiger partial charge in [0.2, 0.25) is 5.91 Å². The Morgan fingerprint density at radius 2 is 1.89 bits per heavy atom. The number of amides is 3. The van der Waals surface area contributed by atoms with Crippen molar-refractivity contribution in [3.05, 3.63) is 35.9 Å². The van der Waals surface area contributed by atoms with E-state index in [1.165, 1.54) is 11.5 Å². The molecule has 3 amide bonds. The topological polar surface area (TPSA) is 79.0 Å². The monoisotopic (exact) mass is 385 g/mol. The van der Waals surface area contributed by atoms with E-state index in [4.69, 9.17) is 4.84 Å². The van der Waals surface area contributed by atoms with Crippen molar-refractivity contribution >= 4 is 17.7 Å². The first-order valence-electron chi connectivity index (χ1n) is 10.2. The molecule has 0 aromatic heterocycles. The molecule has 2 bridgehead atoms. The number of nitrogens with zero attached hydrogens (tertiary/aromatic N) is 2. The van der Waals surface area contributed by atoms with Crippen molar-refractivity contribution in [1.29, 1.82) is 0 Å². The molecule has 2 heterocycles. The molecule has 150 valence electrons. The van der Waals surface area contributed by atoms with Gasteiger partial charge in [-0.3, -0.25) is 14.4 Å². The van der Waals surface area contributed by atoms with Crippen LogP contribution in [-0.4, -0.2) is 52.9 Å². The van der Waals surface area contributed by atoms with Gasteiger partial charge in [-0.1, -0.05) is 49.6 Å². The zero-order chi connectivity index (χ0) is 19.5. The minimum Gasteiger partial charge on any atom is -0.347 e. The van der Waals surface area contributed by atoms with Crippen molar-refractivity contribution in [2.75, 3.05) is 13.1 Å². The number of fused-ring (bicyclic) bond motifs is 2. The van der Waals surface area contributed by atoms with E-state index in [1.807, 2.05) is 30.3 Å². The highest BCUT2D eigenvalue weighted by Crippen LogP contribution is 2.31. The summed E-state index contributed by atoms with van der Waals surface area (Å²) in [6.07, 6.45) is 5.29. The van der Waals surface area contributed by atoms with Crippen LogP contribution < -0.4 is 5.32 Å². The van der Waals surface area contributed by atoms with Gasteiger partial charge in [-0.25, -0.2) is 4.79 Å². The number of Topliss-reactive ketones (excluding diaryl/α,β-unsaturated/α-hetero) is 1. The third kappa shape index (κ3) is 4.04. The van der Waals surface area contributed by atoms with Crippen LogP contribution in [0.2, 0.25) is 0 Å². The Bertz CT molecular complexity index is 734. The van der Waals surface area contributed by atoms with Crippen molar-refractivity contribution in [1.82, 2.24) is 15.3 Å². The van der Waals surface area contributed by atoms with Gasteiger partial charge in [-0.05, 0) is 24.3 Å². The Hall–Kier alpha value is -2.41. The summed E-state index contributed by atoms with van der Waals surface area (Å²) in [5.41, 5.74) is 0.992. The number of hydrogen-bond donors (Lipinski definition) is 1. The molecular weight excluding hydrogens is 358 g/mol. The minimum absolute atomic E-state index is 0.0273. The summed E-state index contributed by atoms with van der Waals surface area (Å²) in [6.45, 7) is 0.872. The second-order valence-corrected chi connectivity index (χ2v) is 8.02. The normalized spacial score (nSPS) is 24.2. The minimum atomic E-state index is -0.523. The molecule has 0 unspecified atom stereocenters. The van der Waals surface area contributed by atoms with Crippen molar-refractivity contribution < 1.29 is 19.2 Å². The van der Waals surface area contributed by atoms with E-state index in [0.29, 0.717) is 38.3 Å². The van der Waals surface area contributed by atoms with E-state index >= 15 is 0 Å². The SMILES string of the molecule is O=C(CNC(=O)[C@@H]1CC[C@@H]2CN1C(=O)N2OCc1ccccc1)CC1CCC1. The van der Waals surface area contributed by atoms with E-state index in [0.717, 1.165) is 18.4 Å². The Morgan fingerprint density at radius 1 is 1.11 bits per heavy atom. The summed E-state index contributed by atoms with van der Waals surface area (Å²) in [6, 6.07) is 8.88. The molecule has 0 radical (unpaired) electrons. The van der Waals surface area contributed by atoms with Crippen molar-refractivity contribution in [2.24, 2.45) is 5.92 Å². The summed E-state index contributed by atoms with van der Waals surface area (Å²) in [5.74, 6) is 0.335. The number of hydroxylamine groups is 2. The van der Waals surface area contributed by atoms with E-state index in [1.54, 1.807) is 4.90 Å². The maximum Gasteiger partial charge on any atom is 0.345 e. The first-order valence-corrected chi connectivity index (χ1v) is 10.2. The van der Waals surface area contributed by atoms with Crippen LogP contribution in [0.25, 0.3) is 0 Å². The van der Waals surface area contributed by atoms with Crippen LogP contribution in [0.5, 0.6) is 0 Å². The number of nitrogens with one attached hydrogen (secondary N) is 1. The number of piperidine rings is 1. The fraction of sp³-hybridized carbons (Fsp3) is 0.571. The standard InChI is InChI=1S/C21H27N3O4/c25-18(11-15-7-4-8-15)12-22-20(26)19-10-9-17-13-23(19)21(27)24(17)28-14-16-5-2-1-3-6-16/h1-3,5-6,15,17,19H,4,7-14H2,(H,22,26)/t17-,19+/m1/s1. The second kappa shape index (κ2) is 8.31. The van der Waals surface area contributed by atoms with Crippen molar-refractivity contribution in [2.45, 2.75) is 57.2 Å². The first-order chi connectivity index (χ1) is 13.6. The molecule has 0 spiro atoms. The smallest absolute Gasteiger partial charge is 0.345 e. The summed E-state index contributed by atoms with van der Waals surface area (Å²) in [7, 11) is 0. The summed E-state index contributed by atoms with van der Waals surface area (Å²) >= 11 is 0. The van der Waals surface area contributed by atoms with E-state index < -0.39 is 6.04 Å².